The molecule has 1 aromatic heterocycles. The van der Waals surface area contributed by atoms with Crippen molar-refractivity contribution in [3.05, 3.63) is 83.2 Å². The molecule has 1 unspecified atom stereocenters. The monoisotopic (exact) mass is 493 g/mol. The first kappa shape index (κ1) is 23.8. The fraction of sp³-hybridized carbons (Fsp3) is 0.241. The fourth-order valence-electron chi connectivity index (χ4n) is 4.80. The molecule has 3 aromatic carbocycles. The van der Waals surface area contributed by atoms with E-state index in [1.54, 1.807) is 0 Å². The summed E-state index contributed by atoms with van der Waals surface area (Å²) in [6.07, 6.45) is 2.94. The molecule has 2 heterocycles. The Morgan fingerprint density at radius 3 is 2.56 bits per heavy atom. The molecule has 1 atom stereocenters. The van der Waals surface area contributed by atoms with Crippen LogP contribution in [0.1, 0.15) is 49.2 Å². The summed E-state index contributed by atoms with van der Waals surface area (Å²) in [6, 6.07) is 22.5. The van der Waals surface area contributed by atoms with E-state index < -0.39 is 0 Å². The van der Waals surface area contributed by atoms with Crippen LogP contribution in [0.3, 0.4) is 0 Å². The van der Waals surface area contributed by atoms with Gasteiger partial charge in [0.1, 0.15) is 5.82 Å². The molecule has 0 bridgehead atoms. The first-order chi connectivity index (χ1) is 17.5. The standard InChI is InChI=1S/C29H27N5OS/c1-4-5-14-26-31-27-18(2)21(28-19(3)36-29(35)33-32-28)15-16-25(27)34(26)24-13-9-8-12-23(24)22-11-7-6-10-20(22)17-30/h6-13,15-16,19H,4-5,14H2,1-3H3,(H,33,35). The first-order valence-electron chi connectivity index (χ1n) is 12.2. The molecular formula is C29H27N5OS. The third-order valence-corrected chi connectivity index (χ3v) is 7.48. The Balaban J connectivity index is 1.74. The zero-order valence-electron chi connectivity index (χ0n) is 20.6. The Hall–Kier alpha value is -3.89. The van der Waals surface area contributed by atoms with E-state index in [-0.39, 0.29) is 10.5 Å². The first-order valence-corrected chi connectivity index (χ1v) is 13.1. The lowest BCUT2D eigenvalue weighted by atomic mass is 9.98. The molecule has 0 saturated carbocycles. The number of carbonyl (C=O) groups is 1. The topological polar surface area (TPSA) is 83.1 Å². The summed E-state index contributed by atoms with van der Waals surface area (Å²) in [5, 5.41) is 14.0. The lowest BCUT2D eigenvalue weighted by Crippen LogP contribution is -2.30. The van der Waals surface area contributed by atoms with Crippen molar-refractivity contribution in [3.8, 4) is 22.9 Å². The molecule has 1 aliphatic rings. The van der Waals surface area contributed by atoms with Gasteiger partial charge in [-0.05, 0) is 44.0 Å². The maximum absolute atomic E-state index is 11.8. The van der Waals surface area contributed by atoms with Crippen LogP contribution in [-0.2, 0) is 6.42 Å². The van der Waals surface area contributed by atoms with Crippen LogP contribution in [-0.4, -0.2) is 25.8 Å². The van der Waals surface area contributed by atoms with Crippen LogP contribution in [0.4, 0.5) is 4.79 Å². The highest BCUT2D eigenvalue weighted by Gasteiger charge is 2.26. The molecule has 6 nitrogen and oxygen atoms in total. The van der Waals surface area contributed by atoms with E-state index in [0.29, 0.717) is 5.56 Å². The minimum Gasteiger partial charge on any atom is -0.296 e. The van der Waals surface area contributed by atoms with Crippen molar-refractivity contribution < 1.29 is 4.79 Å². The summed E-state index contributed by atoms with van der Waals surface area (Å²) in [5.74, 6) is 0.996. The summed E-state index contributed by atoms with van der Waals surface area (Å²) >= 11 is 1.24. The average molecular weight is 494 g/mol. The van der Waals surface area contributed by atoms with E-state index in [0.717, 1.165) is 69.8 Å². The molecule has 5 rings (SSSR count). The van der Waals surface area contributed by atoms with Gasteiger partial charge in [-0.25, -0.2) is 10.4 Å². The van der Waals surface area contributed by atoms with Crippen LogP contribution < -0.4 is 5.43 Å². The minimum absolute atomic E-state index is 0.0419. The number of amides is 1. The normalized spacial score (nSPS) is 15.4. The van der Waals surface area contributed by atoms with Crippen molar-refractivity contribution in [1.82, 2.24) is 15.0 Å². The van der Waals surface area contributed by atoms with Crippen molar-refractivity contribution in [3.63, 3.8) is 0 Å². The molecule has 0 radical (unpaired) electrons. The van der Waals surface area contributed by atoms with E-state index in [1.807, 2.05) is 43.3 Å². The molecule has 0 spiro atoms. The second-order valence-corrected chi connectivity index (χ2v) is 10.2. The number of nitrogens with zero attached hydrogens (tertiary/aromatic N) is 4. The highest BCUT2D eigenvalue weighted by molar-refractivity contribution is 8.14. The van der Waals surface area contributed by atoms with E-state index in [9.17, 15) is 10.1 Å². The van der Waals surface area contributed by atoms with Crippen molar-refractivity contribution in [2.75, 3.05) is 0 Å². The molecule has 0 aliphatic carbocycles. The van der Waals surface area contributed by atoms with Gasteiger partial charge in [-0.15, -0.1) is 0 Å². The number of aryl methyl sites for hydroxylation is 2. The molecule has 1 aliphatic heterocycles. The smallest absolute Gasteiger partial charge is 0.296 e. The van der Waals surface area contributed by atoms with Crippen LogP contribution >= 0.6 is 11.8 Å². The number of unbranched alkanes of at least 4 members (excludes halogenated alkanes) is 1. The van der Waals surface area contributed by atoms with Crippen LogP contribution in [0, 0.1) is 18.3 Å². The molecule has 180 valence electrons. The third kappa shape index (κ3) is 4.18. The molecule has 7 heteroatoms. The van der Waals surface area contributed by atoms with Crippen LogP contribution in [0.2, 0.25) is 0 Å². The van der Waals surface area contributed by atoms with Crippen LogP contribution in [0.25, 0.3) is 27.8 Å². The number of hydrazone groups is 1. The molecule has 0 fully saturated rings. The van der Waals surface area contributed by atoms with E-state index in [1.165, 1.54) is 11.8 Å². The maximum Gasteiger partial charge on any atom is 0.299 e. The lowest BCUT2D eigenvalue weighted by molar-refractivity contribution is 0.261. The maximum atomic E-state index is 11.8. The van der Waals surface area contributed by atoms with Gasteiger partial charge in [0.2, 0.25) is 0 Å². The van der Waals surface area contributed by atoms with Crippen molar-refractivity contribution in [1.29, 1.82) is 5.26 Å². The zero-order chi connectivity index (χ0) is 25.2. The number of rotatable bonds is 6. The summed E-state index contributed by atoms with van der Waals surface area (Å²) < 4.78 is 2.24. The van der Waals surface area contributed by atoms with Gasteiger partial charge in [-0.3, -0.25) is 9.36 Å². The van der Waals surface area contributed by atoms with Gasteiger partial charge in [0.25, 0.3) is 5.24 Å². The number of thioether (sulfide) groups is 1. The summed E-state index contributed by atoms with van der Waals surface area (Å²) in [4.78, 5) is 16.9. The van der Waals surface area contributed by atoms with Gasteiger partial charge in [0, 0.05) is 23.1 Å². The largest absolute Gasteiger partial charge is 0.299 e. The van der Waals surface area contributed by atoms with Crippen LogP contribution in [0.15, 0.2) is 65.8 Å². The highest BCUT2D eigenvalue weighted by Crippen LogP contribution is 2.35. The van der Waals surface area contributed by atoms with E-state index >= 15 is 0 Å². The number of imidazole rings is 1. The number of fused-ring (bicyclic) bond motifs is 1. The SMILES string of the molecule is CCCCc1nc2c(C)c(C3=NNC(=O)SC3C)ccc2n1-c1ccccc1-c1ccccc1C#N. The Labute approximate surface area is 215 Å². The predicted octanol–water partition coefficient (Wildman–Crippen LogP) is 6.76. The van der Waals surface area contributed by atoms with Crippen molar-refractivity contribution in [2.24, 2.45) is 5.10 Å². The summed E-state index contributed by atoms with van der Waals surface area (Å²) in [5.41, 5.74) is 11.0. The number of nitrogens with one attached hydrogen (secondary N) is 1. The third-order valence-electron chi connectivity index (χ3n) is 6.60. The van der Waals surface area contributed by atoms with Gasteiger partial charge < -0.3 is 0 Å². The number of hydrogen-bond donors (Lipinski definition) is 1. The number of aromatic nitrogens is 2. The van der Waals surface area contributed by atoms with Gasteiger partial charge in [-0.2, -0.15) is 10.4 Å². The van der Waals surface area contributed by atoms with Crippen LogP contribution in [0.5, 0.6) is 0 Å². The molecular weight excluding hydrogens is 466 g/mol. The summed E-state index contributed by atoms with van der Waals surface area (Å²) in [6.45, 7) is 6.26. The molecule has 4 aromatic rings. The van der Waals surface area contributed by atoms with Gasteiger partial charge in [-0.1, -0.05) is 67.6 Å². The second kappa shape index (κ2) is 10.00. The molecule has 1 N–H and O–H groups in total. The number of para-hydroxylation sites is 1. The minimum atomic E-state index is -0.134. The number of carbonyl (C=O) groups excluding carboxylic acids is 1. The zero-order valence-corrected chi connectivity index (χ0v) is 21.4. The lowest BCUT2D eigenvalue weighted by Gasteiger charge is -2.20. The number of hydrogen-bond acceptors (Lipinski definition) is 5. The molecule has 1 amide bonds. The second-order valence-electron chi connectivity index (χ2n) is 8.90. The van der Waals surface area contributed by atoms with E-state index in [2.05, 4.69) is 59.3 Å². The quantitative estimate of drug-likeness (QED) is 0.321. The Kier molecular flexibility index (Phi) is 6.62. The van der Waals surface area contributed by atoms with Gasteiger partial charge in [0.05, 0.1) is 39.3 Å². The van der Waals surface area contributed by atoms with Crippen molar-refractivity contribution >= 4 is 33.7 Å². The number of benzene rings is 3. The Morgan fingerprint density at radius 2 is 1.81 bits per heavy atom. The van der Waals surface area contributed by atoms with E-state index in [4.69, 9.17) is 4.98 Å². The number of nitriles is 1. The average Bonchev–Trinajstić information content (AvgIpc) is 3.27. The Morgan fingerprint density at radius 1 is 1.06 bits per heavy atom. The summed E-state index contributed by atoms with van der Waals surface area (Å²) in [7, 11) is 0. The predicted molar refractivity (Wildman–Crippen MR) is 147 cm³/mol. The fourth-order valence-corrected chi connectivity index (χ4v) is 5.52. The molecule has 0 saturated heterocycles. The Bertz CT molecular complexity index is 1550. The van der Waals surface area contributed by atoms with Gasteiger partial charge in [0.15, 0.2) is 0 Å². The highest BCUT2D eigenvalue weighted by atomic mass is 32.2. The molecule has 36 heavy (non-hydrogen) atoms. The van der Waals surface area contributed by atoms with Gasteiger partial charge >= 0.3 is 0 Å². The van der Waals surface area contributed by atoms with Crippen molar-refractivity contribution in [2.45, 2.75) is 45.3 Å².